The Balaban J connectivity index is 2.21. The van der Waals surface area contributed by atoms with Gasteiger partial charge in [0.05, 0.1) is 12.7 Å². The zero-order valence-corrected chi connectivity index (χ0v) is 9.41. The Morgan fingerprint density at radius 3 is 2.94 bits per heavy atom. The molecule has 7 nitrogen and oxygen atoms in total. The zero-order chi connectivity index (χ0) is 12.6. The smallest absolute Gasteiger partial charge is 0.268 e. The van der Waals surface area contributed by atoms with Crippen molar-refractivity contribution in [2.24, 2.45) is 5.73 Å². The monoisotopic (exact) mass is 241 g/mol. The normalized spacial score (nSPS) is 28.5. The molecule has 0 bridgehead atoms. The van der Waals surface area contributed by atoms with Gasteiger partial charge in [-0.15, -0.1) is 0 Å². The molecule has 4 N–H and O–H groups in total. The van der Waals surface area contributed by atoms with Gasteiger partial charge in [-0.25, -0.2) is 4.98 Å². The third kappa shape index (κ3) is 2.17. The van der Waals surface area contributed by atoms with Gasteiger partial charge in [-0.3, -0.25) is 4.79 Å². The molecule has 1 saturated heterocycles. The number of ether oxygens (including phenoxy) is 1. The number of aliphatic hydroxyl groups excluding tert-OH is 2. The lowest BCUT2D eigenvalue weighted by Gasteiger charge is -2.14. The van der Waals surface area contributed by atoms with E-state index in [9.17, 15) is 9.90 Å². The Labute approximate surface area is 97.8 Å². The third-order valence-electron chi connectivity index (χ3n) is 2.86. The van der Waals surface area contributed by atoms with Crippen molar-refractivity contribution >= 4 is 5.91 Å². The summed E-state index contributed by atoms with van der Waals surface area (Å²) in [7, 11) is 0. The number of rotatable bonds is 3. The number of hydrogen-bond donors (Lipinski definition) is 3. The van der Waals surface area contributed by atoms with Gasteiger partial charge in [-0.1, -0.05) is 0 Å². The Kier molecular flexibility index (Phi) is 3.14. The van der Waals surface area contributed by atoms with Crippen molar-refractivity contribution < 1.29 is 19.7 Å². The van der Waals surface area contributed by atoms with Crippen LogP contribution in [0.1, 0.15) is 29.0 Å². The topological polar surface area (TPSA) is 111 Å². The number of hydrogen-bond acceptors (Lipinski definition) is 5. The lowest BCUT2D eigenvalue weighted by atomic mass is 10.2. The number of primary amides is 1. The summed E-state index contributed by atoms with van der Waals surface area (Å²) in [6, 6.07) is 0. The molecule has 3 atom stereocenters. The maximum atomic E-state index is 11.0. The van der Waals surface area contributed by atoms with E-state index in [-0.39, 0.29) is 12.3 Å². The number of nitrogens with two attached hydrogens (primary N) is 1. The predicted octanol–water partition coefficient (Wildman–Crippen LogP) is -1.07. The van der Waals surface area contributed by atoms with Gasteiger partial charge >= 0.3 is 0 Å². The van der Waals surface area contributed by atoms with Gasteiger partial charge in [-0.05, 0) is 6.92 Å². The highest BCUT2D eigenvalue weighted by Crippen LogP contribution is 2.29. The van der Waals surface area contributed by atoms with E-state index in [0.29, 0.717) is 12.2 Å². The highest BCUT2D eigenvalue weighted by atomic mass is 16.5. The van der Waals surface area contributed by atoms with Crippen molar-refractivity contribution in [3.05, 3.63) is 17.7 Å². The lowest BCUT2D eigenvalue weighted by Crippen LogP contribution is -2.24. The first kappa shape index (κ1) is 12.0. The highest BCUT2D eigenvalue weighted by Gasteiger charge is 2.35. The maximum absolute atomic E-state index is 11.0. The van der Waals surface area contributed by atoms with Gasteiger partial charge in [0.1, 0.15) is 23.9 Å². The predicted molar refractivity (Wildman–Crippen MR) is 57.1 cm³/mol. The summed E-state index contributed by atoms with van der Waals surface area (Å²) in [6.07, 6.45) is 0.0977. The van der Waals surface area contributed by atoms with E-state index >= 15 is 0 Å². The molecular weight excluding hydrogens is 226 g/mol. The zero-order valence-electron chi connectivity index (χ0n) is 9.41. The van der Waals surface area contributed by atoms with E-state index in [1.165, 1.54) is 6.20 Å². The van der Waals surface area contributed by atoms with Crippen LogP contribution in [0.2, 0.25) is 0 Å². The minimum Gasteiger partial charge on any atom is -0.394 e. The van der Waals surface area contributed by atoms with Crippen molar-refractivity contribution in [3.8, 4) is 0 Å². The fraction of sp³-hybridized carbons (Fsp3) is 0.600. The summed E-state index contributed by atoms with van der Waals surface area (Å²) in [5.41, 5.74) is 5.29. The van der Waals surface area contributed by atoms with Crippen molar-refractivity contribution in [2.75, 3.05) is 6.61 Å². The molecule has 0 radical (unpaired) electrons. The fourth-order valence-corrected chi connectivity index (χ4v) is 1.95. The molecule has 7 heteroatoms. The standard InChI is InChI=1S/C10H15N3O4/c1-5-12-6(10(11)16)3-13(5)9-2-7(15)8(4-14)17-9/h3,7-9,14-15H,2,4H2,1H3,(H2,11,16). The van der Waals surface area contributed by atoms with Gasteiger partial charge < -0.3 is 25.3 Å². The van der Waals surface area contributed by atoms with Crippen LogP contribution in [-0.4, -0.2) is 44.5 Å². The number of aliphatic hydroxyl groups is 2. The Bertz CT molecular complexity index is 431. The number of imidazole rings is 1. The van der Waals surface area contributed by atoms with E-state index < -0.39 is 24.3 Å². The first-order valence-corrected chi connectivity index (χ1v) is 5.32. The van der Waals surface area contributed by atoms with Crippen LogP contribution >= 0.6 is 0 Å². The highest BCUT2D eigenvalue weighted by molar-refractivity contribution is 5.90. The van der Waals surface area contributed by atoms with E-state index in [0.717, 1.165) is 0 Å². The van der Waals surface area contributed by atoms with Crippen LogP contribution in [-0.2, 0) is 4.74 Å². The van der Waals surface area contributed by atoms with Gasteiger partial charge in [0, 0.05) is 12.6 Å². The molecule has 0 saturated carbocycles. The number of aromatic nitrogens is 2. The van der Waals surface area contributed by atoms with E-state index in [1.54, 1.807) is 11.5 Å². The number of amides is 1. The quantitative estimate of drug-likeness (QED) is 0.624. The lowest BCUT2D eigenvalue weighted by molar-refractivity contribution is -0.0449. The minimum atomic E-state index is -0.719. The summed E-state index contributed by atoms with van der Waals surface area (Å²) in [5.74, 6) is -0.0290. The summed E-state index contributed by atoms with van der Waals surface area (Å²) in [4.78, 5) is 15.0. The van der Waals surface area contributed by atoms with Gasteiger partial charge in [0.2, 0.25) is 0 Å². The second kappa shape index (κ2) is 4.44. The molecule has 1 aliphatic rings. The molecule has 0 aliphatic carbocycles. The van der Waals surface area contributed by atoms with Crippen molar-refractivity contribution in [2.45, 2.75) is 31.8 Å². The molecule has 0 aromatic carbocycles. The number of carbonyl (C=O) groups excluding carboxylic acids is 1. The van der Waals surface area contributed by atoms with Gasteiger partial charge in [0.25, 0.3) is 5.91 Å². The molecule has 0 spiro atoms. The average Bonchev–Trinajstić information content (AvgIpc) is 2.81. The maximum Gasteiger partial charge on any atom is 0.268 e. The van der Waals surface area contributed by atoms with E-state index in [4.69, 9.17) is 15.6 Å². The minimum absolute atomic E-state index is 0.160. The van der Waals surface area contributed by atoms with E-state index in [2.05, 4.69) is 4.98 Å². The van der Waals surface area contributed by atoms with Crippen LogP contribution in [0.15, 0.2) is 6.20 Å². The molecule has 2 rings (SSSR count). The molecule has 1 fully saturated rings. The van der Waals surface area contributed by atoms with Crippen molar-refractivity contribution in [1.82, 2.24) is 9.55 Å². The first-order valence-electron chi connectivity index (χ1n) is 5.32. The van der Waals surface area contributed by atoms with Gasteiger partial charge in [0.15, 0.2) is 0 Å². The van der Waals surface area contributed by atoms with Gasteiger partial charge in [-0.2, -0.15) is 0 Å². The summed E-state index contributed by atoms with van der Waals surface area (Å²) < 4.78 is 7.09. The second-order valence-corrected chi connectivity index (χ2v) is 4.06. The van der Waals surface area contributed by atoms with E-state index in [1.807, 2.05) is 0 Å². The third-order valence-corrected chi connectivity index (χ3v) is 2.86. The van der Waals surface area contributed by atoms with Crippen LogP contribution in [0.3, 0.4) is 0 Å². The Morgan fingerprint density at radius 1 is 1.76 bits per heavy atom. The molecule has 3 unspecified atom stereocenters. The SMILES string of the molecule is Cc1nc(C(N)=O)cn1C1CC(O)C(CO)O1. The number of nitrogens with zero attached hydrogens (tertiary/aromatic N) is 2. The van der Waals surface area contributed by atoms with Crippen LogP contribution < -0.4 is 5.73 Å². The Morgan fingerprint density at radius 2 is 2.47 bits per heavy atom. The number of carbonyl (C=O) groups is 1. The molecular formula is C10H15N3O4. The molecule has 1 amide bonds. The Hall–Kier alpha value is -1.44. The molecule has 1 aromatic heterocycles. The molecule has 1 aliphatic heterocycles. The fourth-order valence-electron chi connectivity index (χ4n) is 1.95. The molecule has 2 heterocycles. The number of aryl methyl sites for hydroxylation is 1. The van der Waals surface area contributed by atoms with Crippen molar-refractivity contribution in [1.29, 1.82) is 0 Å². The van der Waals surface area contributed by atoms with Crippen molar-refractivity contribution in [3.63, 3.8) is 0 Å². The van der Waals surface area contributed by atoms with Crippen LogP contribution in [0.25, 0.3) is 0 Å². The second-order valence-electron chi connectivity index (χ2n) is 4.06. The molecule has 94 valence electrons. The molecule has 1 aromatic rings. The average molecular weight is 241 g/mol. The largest absolute Gasteiger partial charge is 0.394 e. The molecule has 17 heavy (non-hydrogen) atoms. The summed E-state index contributed by atoms with van der Waals surface area (Å²) in [6.45, 7) is 1.47. The van der Waals surface area contributed by atoms with Crippen LogP contribution in [0.5, 0.6) is 0 Å². The summed E-state index contributed by atoms with van der Waals surface area (Å²) in [5, 5.41) is 18.6. The summed E-state index contributed by atoms with van der Waals surface area (Å²) >= 11 is 0. The first-order chi connectivity index (χ1) is 8.02. The van der Waals surface area contributed by atoms with Crippen LogP contribution in [0, 0.1) is 6.92 Å². The van der Waals surface area contributed by atoms with Crippen LogP contribution in [0.4, 0.5) is 0 Å².